The Bertz CT molecular complexity index is 574. The van der Waals surface area contributed by atoms with Crippen molar-refractivity contribution in [2.45, 2.75) is 91.5 Å². The Kier molecular flexibility index (Phi) is 9.43. The number of hydrogen-bond donors (Lipinski definition) is 3. The summed E-state index contributed by atoms with van der Waals surface area (Å²) in [7, 11) is 0. The van der Waals surface area contributed by atoms with E-state index in [1.54, 1.807) is 41.5 Å². The highest BCUT2D eigenvalue weighted by Crippen LogP contribution is 2.12. The molecule has 0 aromatic heterocycles. The van der Waals surface area contributed by atoms with Crippen molar-refractivity contribution in [3.63, 3.8) is 0 Å². The lowest BCUT2D eigenvalue weighted by molar-refractivity contribution is -0.161. The Morgan fingerprint density at radius 1 is 0.857 bits per heavy atom. The minimum absolute atomic E-state index is 0.0464. The first kappa shape index (κ1) is 25.7. The van der Waals surface area contributed by atoms with E-state index in [4.69, 9.17) is 14.6 Å². The molecule has 0 aromatic rings. The van der Waals surface area contributed by atoms with Crippen LogP contribution in [0.25, 0.3) is 0 Å². The Morgan fingerprint density at radius 3 is 1.75 bits per heavy atom. The third-order valence-corrected chi connectivity index (χ3v) is 3.10. The maximum atomic E-state index is 12.7. The number of carboxylic acids is 1. The lowest BCUT2D eigenvalue weighted by atomic mass is 10.0. The fourth-order valence-electron chi connectivity index (χ4n) is 2.17. The summed E-state index contributed by atoms with van der Waals surface area (Å²) < 4.78 is 10.3. The molecule has 0 rings (SSSR count). The van der Waals surface area contributed by atoms with Crippen LogP contribution in [0.5, 0.6) is 0 Å². The van der Waals surface area contributed by atoms with Crippen LogP contribution in [0.1, 0.15) is 68.2 Å². The molecule has 0 aliphatic heterocycles. The minimum Gasteiger partial charge on any atom is -0.481 e. The van der Waals surface area contributed by atoms with Crippen LogP contribution in [-0.2, 0) is 23.9 Å². The number of ether oxygens (including phenoxy) is 2. The van der Waals surface area contributed by atoms with E-state index < -0.39 is 53.6 Å². The molecular weight excluding hydrogens is 368 g/mol. The number of amides is 2. The normalized spacial score (nSPS) is 14.0. The second-order valence-electron chi connectivity index (χ2n) is 9.02. The van der Waals surface area contributed by atoms with Gasteiger partial charge in [-0.25, -0.2) is 9.59 Å². The van der Waals surface area contributed by atoms with Crippen LogP contribution < -0.4 is 10.6 Å². The molecule has 0 heterocycles. The van der Waals surface area contributed by atoms with Gasteiger partial charge in [0.25, 0.3) is 0 Å². The van der Waals surface area contributed by atoms with Crippen LogP contribution in [0.2, 0.25) is 0 Å². The lowest BCUT2D eigenvalue weighted by Crippen LogP contribution is -2.54. The summed E-state index contributed by atoms with van der Waals surface area (Å²) in [6.07, 6.45) is -1.14. The zero-order valence-corrected chi connectivity index (χ0v) is 18.0. The number of aliphatic carboxylic acids is 1. The third kappa shape index (κ3) is 12.1. The molecule has 2 amide bonds. The second kappa shape index (κ2) is 10.3. The standard InChI is InChI=1S/C19H34N2O7/c1-11(2)9-12(21-17(26)28-19(6,7)8)15(24)20-13(10-14(22)23)16(25)27-18(3,4)5/h11-13H,9-10H2,1-8H3,(H,20,24)(H,21,26)(H,22,23)/t12-,13?/m0/s1. The highest BCUT2D eigenvalue weighted by Gasteiger charge is 2.32. The van der Waals surface area contributed by atoms with Gasteiger partial charge in [0.05, 0.1) is 6.42 Å². The quantitative estimate of drug-likeness (QED) is 0.531. The predicted octanol–water partition coefficient (Wildman–Crippen LogP) is 2.23. The van der Waals surface area contributed by atoms with E-state index in [1.807, 2.05) is 13.8 Å². The molecule has 0 saturated carbocycles. The molecule has 2 atom stereocenters. The van der Waals surface area contributed by atoms with Gasteiger partial charge in [0.1, 0.15) is 23.3 Å². The molecule has 9 heteroatoms. The van der Waals surface area contributed by atoms with Crippen molar-refractivity contribution >= 4 is 23.9 Å². The van der Waals surface area contributed by atoms with Crippen molar-refractivity contribution in [2.24, 2.45) is 5.92 Å². The van der Waals surface area contributed by atoms with Gasteiger partial charge in [-0.3, -0.25) is 9.59 Å². The molecule has 0 saturated heterocycles. The van der Waals surface area contributed by atoms with Gasteiger partial charge in [-0.15, -0.1) is 0 Å². The SMILES string of the molecule is CC(C)C[C@H](NC(=O)OC(C)(C)C)C(=O)NC(CC(=O)O)C(=O)OC(C)(C)C. The van der Waals surface area contributed by atoms with E-state index in [2.05, 4.69) is 10.6 Å². The van der Waals surface area contributed by atoms with Crippen LogP contribution in [0.4, 0.5) is 4.79 Å². The summed E-state index contributed by atoms with van der Waals surface area (Å²) in [5.74, 6) is -2.76. The molecule has 0 fully saturated rings. The van der Waals surface area contributed by atoms with Gasteiger partial charge in [0, 0.05) is 0 Å². The Labute approximate surface area is 166 Å². The summed E-state index contributed by atoms with van der Waals surface area (Å²) >= 11 is 0. The van der Waals surface area contributed by atoms with E-state index in [0.29, 0.717) is 0 Å². The number of esters is 1. The first-order valence-electron chi connectivity index (χ1n) is 9.24. The maximum Gasteiger partial charge on any atom is 0.408 e. The van der Waals surface area contributed by atoms with Gasteiger partial charge in [0.2, 0.25) is 5.91 Å². The fraction of sp³-hybridized carbons (Fsp3) is 0.789. The van der Waals surface area contributed by atoms with Crippen LogP contribution in [-0.4, -0.2) is 52.3 Å². The first-order valence-corrected chi connectivity index (χ1v) is 9.24. The number of nitrogens with one attached hydrogen (secondary N) is 2. The van der Waals surface area contributed by atoms with Crippen molar-refractivity contribution < 1.29 is 33.8 Å². The van der Waals surface area contributed by atoms with Gasteiger partial charge in [-0.05, 0) is 53.9 Å². The van der Waals surface area contributed by atoms with Gasteiger partial charge in [-0.1, -0.05) is 13.8 Å². The number of hydrogen-bond acceptors (Lipinski definition) is 6. The summed E-state index contributed by atoms with van der Waals surface area (Å²) in [6.45, 7) is 13.7. The predicted molar refractivity (Wildman–Crippen MR) is 103 cm³/mol. The van der Waals surface area contributed by atoms with Crippen molar-refractivity contribution in [1.29, 1.82) is 0 Å². The van der Waals surface area contributed by atoms with Crippen LogP contribution >= 0.6 is 0 Å². The number of alkyl carbamates (subject to hydrolysis) is 1. The topological polar surface area (TPSA) is 131 Å². The van der Waals surface area contributed by atoms with Gasteiger partial charge >= 0.3 is 18.0 Å². The highest BCUT2D eigenvalue weighted by atomic mass is 16.6. The van der Waals surface area contributed by atoms with E-state index >= 15 is 0 Å². The third-order valence-electron chi connectivity index (χ3n) is 3.10. The number of carboxylic acid groups (broad SMARTS) is 1. The first-order chi connectivity index (χ1) is 12.5. The van der Waals surface area contributed by atoms with Crippen molar-refractivity contribution in [3.05, 3.63) is 0 Å². The Hall–Kier alpha value is -2.32. The fourth-order valence-corrected chi connectivity index (χ4v) is 2.17. The number of rotatable bonds is 8. The second-order valence-corrected chi connectivity index (χ2v) is 9.02. The summed E-state index contributed by atoms with van der Waals surface area (Å²) in [4.78, 5) is 48.1. The molecule has 0 spiro atoms. The lowest BCUT2D eigenvalue weighted by Gasteiger charge is -2.27. The van der Waals surface area contributed by atoms with E-state index in [-0.39, 0.29) is 12.3 Å². The largest absolute Gasteiger partial charge is 0.481 e. The summed E-state index contributed by atoms with van der Waals surface area (Å²) in [5.41, 5.74) is -1.59. The van der Waals surface area contributed by atoms with Crippen LogP contribution in [0.15, 0.2) is 0 Å². The number of carbonyl (C=O) groups is 4. The zero-order valence-electron chi connectivity index (χ0n) is 18.0. The molecule has 0 aliphatic rings. The molecule has 0 aromatic carbocycles. The zero-order chi connectivity index (χ0) is 22.3. The van der Waals surface area contributed by atoms with Gasteiger partial charge in [0.15, 0.2) is 0 Å². The highest BCUT2D eigenvalue weighted by molar-refractivity contribution is 5.91. The molecule has 162 valence electrons. The monoisotopic (exact) mass is 402 g/mol. The van der Waals surface area contributed by atoms with Gasteiger partial charge in [-0.2, -0.15) is 0 Å². The summed E-state index contributed by atoms with van der Waals surface area (Å²) in [5, 5.41) is 13.9. The van der Waals surface area contributed by atoms with Crippen molar-refractivity contribution in [1.82, 2.24) is 10.6 Å². The molecule has 1 unspecified atom stereocenters. The smallest absolute Gasteiger partial charge is 0.408 e. The van der Waals surface area contributed by atoms with Crippen molar-refractivity contribution in [3.8, 4) is 0 Å². The molecule has 3 N–H and O–H groups in total. The average Bonchev–Trinajstić information content (AvgIpc) is 2.40. The van der Waals surface area contributed by atoms with Gasteiger partial charge < -0.3 is 25.2 Å². The van der Waals surface area contributed by atoms with Crippen LogP contribution in [0.3, 0.4) is 0 Å². The average molecular weight is 402 g/mol. The maximum absolute atomic E-state index is 12.7. The van der Waals surface area contributed by atoms with E-state index in [9.17, 15) is 19.2 Å². The molecular formula is C19H34N2O7. The number of carbonyl (C=O) groups excluding carboxylic acids is 3. The van der Waals surface area contributed by atoms with E-state index in [0.717, 1.165) is 0 Å². The molecule has 0 bridgehead atoms. The van der Waals surface area contributed by atoms with Crippen molar-refractivity contribution in [2.75, 3.05) is 0 Å². The summed E-state index contributed by atoms with van der Waals surface area (Å²) in [6, 6.07) is -2.37. The van der Waals surface area contributed by atoms with E-state index in [1.165, 1.54) is 0 Å². The van der Waals surface area contributed by atoms with Crippen LogP contribution in [0, 0.1) is 5.92 Å². The minimum atomic E-state index is -1.38. The Balaban J connectivity index is 5.31. The Morgan fingerprint density at radius 2 is 1.36 bits per heavy atom. The molecule has 9 nitrogen and oxygen atoms in total. The molecule has 0 aliphatic carbocycles. The molecule has 0 radical (unpaired) electrons. The molecule has 28 heavy (non-hydrogen) atoms.